The van der Waals surface area contributed by atoms with E-state index in [0.29, 0.717) is 18.0 Å². The fourth-order valence-electron chi connectivity index (χ4n) is 2.26. The minimum Gasteiger partial charge on any atom is -0.454 e. The molecule has 3 rings (SSSR count). The van der Waals surface area contributed by atoms with Crippen LogP contribution < -0.4 is 14.8 Å². The number of carbonyl (C=O) groups excluding carboxylic acids is 2. The summed E-state index contributed by atoms with van der Waals surface area (Å²) < 4.78 is 15.4. The Labute approximate surface area is 149 Å². The minimum atomic E-state index is -0.661. The van der Waals surface area contributed by atoms with Gasteiger partial charge in [0.15, 0.2) is 18.1 Å². The first-order valence-corrected chi connectivity index (χ1v) is 7.99. The van der Waals surface area contributed by atoms with Gasteiger partial charge in [-0.25, -0.2) is 4.79 Å². The van der Waals surface area contributed by atoms with E-state index in [1.54, 1.807) is 0 Å². The standard InChI is InChI=1S/C18H16ClNO5/c1-11-2-4-12(5-3-11)8-20-16(21)9-23-18(22)13-6-14(19)17-15(7-13)24-10-25-17/h2-7H,8-10H2,1H3,(H,20,21). The number of halogens is 1. The molecule has 1 aliphatic rings. The van der Waals surface area contributed by atoms with Gasteiger partial charge >= 0.3 is 5.97 Å². The van der Waals surface area contributed by atoms with Gasteiger partial charge in [0.25, 0.3) is 5.91 Å². The van der Waals surface area contributed by atoms with Gasteiger partial charge < -0.3 is 19.5 Å². The molecule has 0 fully saturated rings. The lowest BCUT2D eigenvalue weighted by Gasteiger charge is -2.08. The summed E-state index contributed by atoms with van der Waals surface area (Å²) >= 11 is 6.02. The van der Waals surface area contributed by atoms with Crippen molar-refractivity contribution < 1.29 is 23.8 Å². The molecule has 6 nitrogen and oxygen atoms in total. The number of ether oxygens (including phenoxy) is 3. The Morgan fingerprint density at radius 1 is 1.20 bits per heavy atom. The van der Waals surface area contributed by atoms with Gasteiger partial charge in [0, 0.05) is 6.54 Å². The normalized spacial score (nSPS) is 11.9. The lowest BCUT2D eigenvalue weighted by atomic mass is 10.1. The Kier molecular flexibility index (Phi) is 5.09. The van der Waals surface area contributed by atoms with E-state index < -0.39 is 5.97 Å². The zero-order chi connectivity index (χ0) is 17.8. The maximum absolute atomic E-state index is 12.1. The van der Waals surface area contributed by atoms with Crippen molar-refractivity contribution in [3.8, 4) is 11.5 Å². The monoisotopic (exact) mass is 361 g/mol. The highest BCUT2D eigenvalue weighted by atomic mass is 35.5. The molecule has 0 radical (unpaired) electrons. The maximum Gasteiger partial charge on any atom is 0.338 e. The number of rotatable bonds is 5. The van der Waals surface area contributed by atoms with E-state index in [2.05, 4.69) is 5.32 Å². The quantitative estimate of drug-likeness (QED) is 0.829. The van der Waals surface area contributed by atoms with Crippen molar-refractivity contribution in [1.82, 2.24) is 5.32 Å². The first-order chi connectivity index (χ1) is 12.0. The van der Waals surface area contributed by atoms with Crippen LogP contribution in [0.2, 0.25) is 5.02 Å². The predicted octanol–water partition coefficient (Wildman–Crippen LogP) is 2.85. The fraction of sp³-hybridized carbons (Fsp3) is 0.222. The van der Waals surface area contributed by atoms with Crippen LogP contribution in [0.4, 0.5) is 0 Å². The van der Waals surface area contributed by atoms with Gasteiger partial charge in [0.05, 0.1) is 10.6 Å². The lowest BCUT2D eigenvalue weighted by molar-refractivity contribution is -0.124. The molecular weight excluding hydrogens is 346 g/mol. The first kappa shape index (κ1) is 17.1. The molecule has 7 heteroatoms. The Hall–Kier alpha value is -2.73. The molecule has 1 N–H and O–H groups in total. The topological polar surface area (TPSA) is 73.9 Å². The van der Waals surface area contributed by atoms with Crippen molar-refractivity contribution in [1.29, 1.82) is 0 Å². The van der Waals surface area contributed by atoms with Crippen LogP contribution in [0.3, 0.4) is 0 Å². The molecular formula is C18H16ClNO5. The number of nitrogens with one attached hydrogen (secondary N) is 1. The zero-order valence-electron chi connectivity index (χ0n) is 13.5. The van der Waals surface area contributed by atoms with Crippen molar-refractivity contribution in [2.45, 2.75) is 13.5 Å². The summed E-state index contributed by atoms with van der Waals surface area (Å²) in [5.41, 5.74) is 2.31. The maximum atomic E-state index is 12.1. The molecule has 0 atom stereocenters. The molecule has 0 saturated heterocycles. The van der Waals surface area contributed by atoms with Gasteiger partial charge in [-0.05, 0) is 24.6 Å². The SMILES string of the molecule is Cc1ccc(CNC(=O)COC(=O)c2cc(Cl)c3c(c2)OCO3)cc1. The average molecular weight is 362 g/mol. The molecule has 130 valence electrons. The van der Waals surface area contributed by atoms with Crippen LogP contribution in [0, 0.1) is 6.92 Å². The molecule has 2 aromatic carbocycles. The van der Waals surface area contributed by atoms with E-state index in [1.165, 1.54) is 12.1 Å². The van der Waals surface area contributed by atoms with Crippen molar-refractivity contribution in [3.05, 3.63) is 58.1 Å². The largest absolute Gasteiger partial charge is 0.454 e. The van der Waals surface area contributed by atoms with Crippen LogP contribution in [0.1, 0.15) is 21.5 Å². The molecule has 2 aromatic rings. The number of aryl methyl sites for hydroxylation is 1. The molecule has 0 saturated carbocycles. The molecule has 0 spiro atoms. The van der Waals surface area contributed by atoms with Crippen LogP contribution >= 0.6 is 11.6 Å². The van der Waals surface area contributed by atoms with Crippen LogP contribution in [0.15, 0.2) is 36.4 Å². The second-order valence-electron chi connectivity index (χ2n) is 5.53. The van der Waals surface area contributed by atoms with E-state index >= 15 is 0 Å². The summed E-state index contributed by atoms with van der Waals surface area (Å²) in [5, 5.41) is 2.95. The molecule has 25 heavy (non-hydrogen) atoms. The van der Waals surface area contributed by atoms with E-state index in [9.17, 15) is 9.59 Å². The van der Waals surface area contributed by atoms with Crippen LogP contribution in [0.5, 0.6) is 11.5 Å². The molecule has 1 amide bonds. The summed E-state index contributed by atoms with van der Waals surface area (Å²) in [4.78, 5) is 23.9. The smallest absolute Gasteiger partial charge is 0.338 e. The number of hydrogen-bond donors (Lipinski definition) is 1. The van der Waals surface area contributed by atoms with Crippen molar-refractivity contribution >= 4 is 23.5 Å². The number of esters is 1. The van der Waals surface area contributed by atoms with Crippen molar-refractivity contribution in [3.63, 3.8) is 0 Å². The summed E-state index contributed by atoms with van der Waals surface area (Å²) in [7, 11) is 0. The highest BCUT2D eigenvalue weighted by molar-refractivity contribution is 6.32. The highest BCUT2D eigenvalue weighted by Crippen LogP contribution is 2.39. The molecule has 1 heterocycles. The second kappa shape index (κ2) is 7.44. The van der Waals surface area contributed by atoms with Gasteiger partial charge in [0.1, 0.15) is 0 Å². The number of carbonyl (C=O) groups is 2. The summed E-state index contributed by atoms with van der Waals surface area (Å²) in [6.07, 6.45) is 0. The van der Waals surface area contributed by atoms with E-state index in [1.807, 2.05) is 31.2 Å². The number of amides is 1. The van der Waals surface area contributed by atoms with Gasteiger partial charge in [-0.1, -0.05) is 41.4 Å². The Balaban J connectivity index is 1.51. The number of hydrogen-bond acceptors (Lipinski definition) is 5. The minimum absolute atomic E-state index is 0.0506. The fourth-order valence-corrected chi connectivity index (χ4v) is 2.52. The Morgan fingerprint density at radius 3 is 2.72 bits per heavy atom. The van der Waals surface area contributed by atoms with E-state index in [-0.39, 0.29) is 29.9 Å². The number of benzene rings is 2. The highest BCUT2D eigenvalue weighted by Gasteiger charge is 2.21. The molecule has 0 unspecified atom stereocenters. The van der Waals surface area contributed by atoms with Crippen LogP contribution in [0.25, 0.3) is 0 Å². The average Bonchev–Trinajstić information content (AvgIpc) is 3.08. The first-order valence-electron chi connectivity index (χ1n) is 7.61. The molecule has 0 bridgehead atoms. The van der Waals surface area contributed by atoms with Gasteiger partial charge in [0.2, 0.25) is 6.79 Å². The van der Waals surface area contributed by atoms with Crippen LogP contribution in [-0.2, 0) is 16.1 Å². The van der Waals surface area contributed by atoms with Crippen molar-refractivity contribution in [2.75, 3.05) is 13.4 Å². The predicted molar refractivity (Wildman–Crippen MR) is 90.9 cm³/mol. The van der Waals surface area contributed by atoms with Crippen LogP contribution in [-0.4, -0.2) is 25.3 Å². The van der Waals surface area contributed by atoms with Crippen molar-refractivity contribution in [2.24, 2.45) is 0 Å². The Bertz CT molecular complexity index is 804. The molecule has 0 aliphatic carbocycles. The number of fused-ring (bicyclic) bond motifs is 1. The third-order valence-electron chi connectivity index (χ3n) is 3.61. The third-order valence-corrected chi connectivity index (χ3v) is 3.89. The summed E-state index contributed by atoms with van der Waals surface area (Å²) in [5.74, 6) is -0.274. The van der Waals surface area contributed by atoms with Gasteiger partial charge in [-0.3, -0.25) is 4.79 Å². The van der Waals surface area contributed by atoms with E-state index in [4.69, 9.17) is 25.8 Å². The van der Waals surface area contributed by atoms with Gasteiger partial charge in [-0.15, -0.1) is 0 Å². The summed E-state index contributed by atoms with van der Waals surface area (Å²) in [6, 6.07) is 10.7. The zero-order valence-corrected chi connectivity index (χ0v) is 14.3. The molecule has 0 aromatic heterocycles. The lowest BCUT2D eigenvalue weighted by Crippen LogP contribution is -2.28. The van der Waals surface area contributed by atoms with E-state index in [0.717, 1.165) is 11.1 Å². The van der Waals surface area contributed by atoms with Gasteiger partial charge in [-0.2, -0.15) is 0 Å². The Morgan fingerprint density at radius 2 is 1.96 bits per heavy atom. The third kappa shape index (κ3) is 4.22. The summed E-state index contributed by atoms with van der Waals surface area (Å²) in [6.45, 7) is 2.03. The molecule has 1 aliphatic heterocycles. The second-order valence-corrected chi connectivity index (χ2v) is 5.94.